The molecule has 2 N–H and O–H groups in total. The van der Waals surface area contributed by atoms with E-state index in [1.165, 1.54) is 4.90 Å². The van der Waals surface area contributed by atoms with Gasteiger partial charge in [-0.2, -0.15) is 4.98 Å². The summed E-state index contributed by atoms with van der Waals surface area (Å²) in [5.74, 6) is 0.826. The van der Waals surface area contributed by atoms with Crippen LogP contribution in [0.2, 0.25) is 0 Å². The first-order valence-electron chi connectivity index (χ1n) is 7.21. The van der Waals surface area contributed by atoms with E-state index in [-0.39, 0.29) is 25.2 Å². The second-order valence-corrected chi connectivity index (χ2v) is 4.80. The summed E-state index contributed by atoms with van der Waals surface area (Å²) in [5, 5.41) is 15.6. The molecule has 7 heteroatoms. The lowest BCUT2D eigenvalue weighted by atomic mass is 10.2. The lowest BCUT2D eigenvalue weighted by molar-refractivity contribution is 0.177. The summed E-state index contributed by atoms with van der Waals surface area (Å²) >= 11 is 0. The van der Waals surface area contributed by atoms with Gasteiger partial charge in [0.25, 0.3) is 5.89 Å². The molecule has 0 fully saturated rings. The highest BCUT2D eigenvalue weighted by atomic mass is 16.5. The molecule has 2 aromatic rings. The maximum atomic E-state index is 12.0. The van der Waals surface area contributed by atoms with Gasteiger partial charge in [0.1, 0.15) is 0 Å². The fourth-order valence-corrected chi connectivity index (χ4v) is 1.97. The molecule has 0 saturated carbocycles. The number of aliphatic hydroxyl groups excluding tert-OH is 1. The van der Waals surface area contributed by atoms with Crippen LogP contribution in [-0.4, -0.2) is 45.9 Å². The predicted molar refractivity (Wildman–Crippen MR) is 81.0 cm³/mol. The topological polar surface area (TPSA) is 91.5 Å². The molecule has 1 atom stereocenters. The number of carbonyl (C=O) groups is 1. The summed E-state index contributed by atoms with van der Waals surface area (Å²) in [6, 6.07) is 8.78. The second kappa shape index (κ2) is 7.56. The SMILES string of the molecule is CCN(CCO)C(=O)NC(C)c1noc(-c2ccccc2)n1. The molecule has 1 unspecified atom stereocenters. The molecule has 7 nitrogen and oxygen atoms in total. The van der Waals surface area contributed by atoms with Gasteiger partial charge in [-0.1, -0.05) is 23.4 Å². The number of aromatic nitrogens is 2. The van der Waals surface area contributed by atoms with E-state index in [9.17, 15) is 4.79 Å². The van der Waals surface area contributed by atoms with Crippen LogP contribution in [0.5, 0.6) is 0 Å². The van der Waals surface area contributed by atoms with Crippen LogP contribution in [0, 0.1) is 0 Å². The first kappa shape index (κ1) is 16.0. The Balaban J connectivity index is 2.03. The van der Waals surface area contributed by atoms with Crippen molar-refractivity contribution in [3.63, 3.8) is 0 Å². The van der Waals surface area contributed by atoms with Crippen molar-refractivity contribution in [1.29, 1.82) is 0 Å². The standard InChI is InChI=1S/C15H20N4O3/c1-3-19(9-10-20)15(21)16-11(2)13-17-14(22-18-13)12-7-5-4-6-8-12/h4-8,11,20H,3,9-10H2,1-2H3,(H,16,21). The summed E-state index contributed by atoms with van der Waals surface area (Å²) in [6.45, 7) is 4.36. The minimum Gasteiger partial charge on any atom is -0.395 e. The number of carbonyl (C=O) groups excluding carboxylic acids is 1. The Morgan fingerprint density at radius 1 is 1.41 bits per heavy atom. The number of amides is 2. The van der Waals surface area contributed by atoms with Crippen molar-refractivity contribution in [2.24, 2.45) is 0 Å². The summed E-state index contributed by atoms with van der Waals surface area (Å²) < 4.78 is 5.22. The molecule has 2 rings (SSSR count). The molecule has 0 aliphatic carbocycles. The van der Waals surface area contributed by atoms with Gasteiger partial charge < -0.3 is 19.8 Å². The number of rotatable bonds is 6. The van der Waals surface area contributed by atoms with E-state index in [0.29, 0.717) is 18.3 Å². The summed E-state index contributed by atoms with van der Waals surface area (Å²) in [4.78, 5) is 17.9. The zero-order valence-electron chi connectivity index (χ0n) is 12.7. The fourth-order valence-electron chi connectivity index (χ4n) is 1.97. The molecule has 1 heterocycles. The van der Waals surface area contributed by atoms with Crippen molar-refractivity contribution in [3.05, 3.63) is 36.2 Å². The third-order valence-electron chi connectivity index (χ3n) is 3.23. The number of nitrogens with one attached hydrogen (secondary N) is 1. The van der Waals surface area contributed by atoms with Gasteiger partial charge in [-0.25, -0.2) is 4.79 Å². The molecule has 0 saturated heterocycles. The van der Waals surface area contributed by atoms with E-state index in [0.717, 1.165) is 5.56 Å². The average Bonchev–Trinajstić information content (AvgIpc) is 3.03. The van der Waals surface area contributed by atoms with Crippen LogP contribution in [0.15, 0.2) is 34.9 Å². The zero-order chi connectivity index (χ0) is 15.9. The molecule has 0 aliphatic rings. The third kappa shape index (κ3) is 3.82. The monoisotopic (exact) mass is 304 g/mol. The number of likely N-dealkylation sites (N-methyl/N-ethyl adjacent to an activating group) is 1. The van der Waals surface area contributed by atoms with Crippen molar-refractivity contribution in [2.75, 3.05) is 19.7 Å². The Kier molecular flexibility index (Phi) is 5.48. The Morgan fingerprint density at radius 2 is 2.14 bits per heavy atom. The van der Waals surface area contributed by atoms with Crippen LogP contribution in [0.3, 0.4) is 0 Å². The van der Waals surface area contributed by atoms with Crippen molar-refractivity contribution >= 4 is 6.03 Å². The quantitative estimate of drug-likeness (QED) is 0.849. The summed E-state index contributed by atoms with van der Waals surface area (Å²) in [7, 11) is 0. The highest BCUT2D eigenvalue weighted by Gasteiger charge is 2.19. The van der Waals surface area contributed by atoms with Gasteiger partial charge in [-0.15, -0.1) is 0 Å². The number of benzene rings is 1. The fraction of sp³-hybridized carbons (Fsp3) is 0.400. The van der Waals surface area contributed by atoms with Crippen LogP contribution < -0.4 is 5.32 Å². The van der Waals surface area contributed by atoms with Crippen molar-refractivity contribution in [1.82, 2.24) is 20.4 Å². The molecule has 1 aromatic heterocycles. The molecule has 22 heavy (non-hydrogen) atoms. The van der Waals surface area contributed by atoms with Gasteiger partial charge in [-0.3, -0.25) is 0 Å². The van der Waals surface area contributed by atoms with Crippen LogP contribution in [-0.2, 0) is 0 Å². The number of aliphatic hydroxyl groups is 1. The normalized spacial score (nSPS) is 12.0. The molecule has 0 bridgehead atoms. The maximum Gasteiger partial charge on any atom is 0.318 e. The van der Waals surface area contributed by atoms with E-state index in [4.69, 9.17) is 9.63 Å². The minimum atomic E-state index is -0.388. The van der Waals surface area contributed by atoms with E-state index in [2.05, 4.69) is 15.5 Å². The first-order chi connectivity index (χ1) is 10.7. The Bertz CT molecular complexity index is 600. The highest BCUT2D eigenvalue weighted by Crippen LogP contribution is 2.18. The van der Waals surface area contributed by atoms with Gasteiger partial charge in [0, 0.05) is 18.7 Å². The largest absolute Gasteiger partial charge is 0.395 e. The molecular formula is C15H20N4O3. The van der Waals surface area contributed by atoms with Gasteiger partial charge in [0.05, 0.1) is 12.6 Å². The molecule has 0 aliphatic heterocycles. The minimum absolute atomic E-state index is 0.0734. The van der Waals surface area contributed by atoms with Crippen LogP contribution in [0.25, 0.3) is 11.5 Å². The second-order valence-electron chi connectivity index (χ2n) is 4.80. The summed E-state index contributed by atoms with van der Waals surface area (Å²) in [6.07, 6.45) is 0. The van der Waals surface area contributed by atoms with Crippen LogP contribution in [0.1, 0.15) is 25.7 Å². The summed E-state index contributed by atoms with van der Waals surface area (Å²) in [5.41, 5.74) is 0.829. The zero-order valence-corrected chi connectivity index (χ0v) is 12.7. The Labute approximate surface area is 128 Å². The molecular weight excluding hydrogens is 284 g/mol. The molecule has 1 aromatic carbocycles. The number of nitrogens with zero attached hydrogens (tertiary/aromatic N) is 3. The lowest BCUT2D eigenvalue weighted by Crippen LogP contribution is -2.42. The maximum absolute atomic E-state index is 12.0. The van der Waals surface area contributed by atoms with Crippen LogP contribution >= 0.6 is 0 Å². The van der Waals surface area contributed by atoms with Crippen molar-refractivity contribution in [3.8, 4) is 11.5 Å². The van der Waals surface area contributed by atoms with E-state index in [1.807, 2.05) is 37.3 Å². The number of urea groups is 1. The average molecular weight is 304 g/mol. The van der Waals surface area contributed by atoms with Crippen molar-refractivity contribution in [2.45, 2.75) is 19.9 Å². The Morgan fingerprint density at radius 3 is 2.77 bits per heavy atom. The molecule has 0 spiro atoms. The van der Waals surface area contributed by atoms with E-state index in [1.54, 1.807) is 6.92 Å². The first-order valence-corrected chi connectivity index (χ1v) is 7.21. The van der Waals surface area contributed by atoms with Crippen molar-refractivity contribution < 1.29 is 14.4 Å². The van der Waals surface area contributed by atoms with Gasteiger partial charge in [-0.05, 0) is 26.0 Å². The number of hydrogen-bond donors (Lipinski definition) is 2. The third-order valence-corrected chi connectivity index (χ3v) is 3.23. The molecule has 0 radical (unpaired) electrons. The number of hydrogen-bond acceptors (Lipinski definition) is 5. The van der Waals surface area contributed by atoms with Gasteiger partial charge in [0.2, 0.25) is 0 Å². The molecule has 2 amide bonds. The van der Waals surface area contributed by atoms with Gasteiger partial charge >= 0.3 is 6.03 Å². The lowest BCUT2D eigenvalue weighted by Gasteiger charge is -2.21. The van der Waals surface area contributed by atoms with E-state index >= 15 is 0 Å². The smallest absolute Gasteiger partial charge is 0.318 e. The van der Waals surface area contributed by atoms with Gasteiger partial charge in [0.15, 0.2) is 5.82 Å². The van der Waals surface area contributed by atoms with E-state index < -0.39 is 0 Å². The highest BCUT2D eigenvalue weighted by molar-refractivity contribution is 5.74. The molecule has 118 valence electrons. The Hall–Kier alpha value is -2.41. The van der Waals surface area contributed by atoms with Crippen LogP contribution in [0.4, 0.5) is 4.79 Å². The predicted octanol–water partition coefficient (Wildman–Crippen LogP) is 1.82.